The Kier molecular flexibility index (Phi) is 4.19. The minimum atomic E-state index is -0.0284. The van der Waals surface area contributed by atoms with Crippen molar-refractivity contribution >= 4 is 5.91 Å². The Labute approximate surface area is 124 Å². The average Bonchev–Trinajstić information content (AvgIpc) is 2.90. The molecule has 0 bridgehead atoms. The van der Waals surface area contributed by atoms with Gasteiger partial charge in [-0.25, -0.2) is 0 Å². The van der Waals surface area contributed by atoms with E-state index in [4.69, 9.17) is 10.5 Å². The summed E-state index contributed by atoms with van der Waals surface area (Å²) in [6.07, 6.45) is 4.65. The third kappa shape index (κ3) is 3.07. The highest BCUT2D eigenvalue weighted by Gasteiger charge is 2.52. The number of nitrogens with one attached hydrogen (secondary N) is 1. The molecule has 0 unspecified atom stereocenters. The van der Waals surface area contributed by atoms with Crippen LogP contribution in [0.1, 0.15) is 12.0 Å². The normalized spacial score (nSPS) is 30.8. The summed E-state index contributed by atoms with van der Waals surface area (Å²) in [5.41, 5.74) is 7.23. The van der Waals surface area contributed by atoms with Gasteiger partial charge in [0.05, 0.1) is 18.7 Å². The molecular weight excluding hydrogens is 268 g/mol. The fraction of sp³-hybridized carbons (Fsp3) is 0.600. The number of carbonyl (C=O) groups excluding carboxylic acids is 1. The maximum absolute atomic E-state index is 12.1. The van der Waals surface area contributed by atoms with Crippen LogP contribution in [0.5, 0.6) is 0 Å². The van der Waals surface area contributed by atoms with E-state index < -0.39 is 0 Å². The molecule has 114 valence electrons. The van der Waals surface area contributed by atoms with Crippen LogP contribution >= 0.6 is 0 Å². The lowest BCUT2D eigenvalue weighted by Crippen LogP contribution is -2.69. The molecule has 0 spiro atoms. The quantitative estimate of drug-likeness (QED) is 0.781. The van der Waals surface area contributed by atoms with Crippen LogP contribution in [0.2, 0.25) is 0 Å². The molecule has 2 heterocycles. The second kappa shape index (κ2) is 6.09. The molecule has 1 amide bonds. The van der Waals surface area contributed by atoms with Crippen LogP contribution in [-0.2, 0) is 16.1 Å². The summed E-state index contributed by atoms with van der Waals surface area (Å²) in [5, 5.41) is 3.01. The minimum absolute atomic E-state index is 0.000885. The third-order valence-corrected chi connectivity index (χ3v) is 4.39. The third-order valence-electron chi connectivity index (χ3n) is 4.39. The molecule has 1 aliphatic heterocycles. The van der Waals surface area contributed by atoms with E-state index in [1.807, 2.05) is 24.1 Å². The zero-order valence-corrected chi connectivity index (χ0v) is 12.2. The molecule has 21 heavy (non-hydrogen) atoms. The number of rotatable bonds is 5. The average molecular weight is 290 g/mol. The maximum Gasteiger partial charge on any atom is 0.234 e. The van der Waals surface area contributed by atoms with Crippen molar-refractivity contribution in [2.24, 2.45) is 11.7 Å². The SMILES string of the molecule is CN(CC(=O)N[C@@H]1[C@@H](N)[C@H]2CCO[C@H]21)Cc1ccncc1. The Hall–Kier alpha value is -1.50. The molecule has 1 aromatic rings. The van der Waals surface area contributed by atoms with E-state index in [9.17, 15) is 4.79 Å². The van der Waals surface area contributed by atoms with Crippen molar-refractivity contribution in [2.75, 3.05) is 20.2 Å². The second-order valence-corrected chi connectivity index (χ2v) is 5.99. The molecule has 6 heteroatoms. The van der Waals surface area contributed by atoms with E-state index >= 15 is 0 Å². The second-order valence-electron chi connectivity index (χ2n) is 5.99. The van der Waals surface area contributed by atoms with Crippen LogP contribution in [-0.4, -0.2) is 54.2 Å². The van der Waals surface area contributed by atoms with Crippen LogP contribution in [0.4, 0.5) is 0 Å². The first-order chi connectivity index (χ1) is 10.1. The van der Waals surface area contributed by atoms with Gasteiger partial charge in [0, 0.05) is 37.5 Å². The molecule has 2 aliphatic rings. The molecular formula is C15H22N4O2. The molecule has 1 aliphatic carbocycles. The Balaban J connectivity index is 1.46. The van der Waals surface area contributed by atoms with Crippen LogP contribution < -0.4 is 11.1 Å². The molecule has 2 fully saturated rings. The number of amides is 1. The Morgan fingerprint density at radius 3 is 3.05 bits per heavy atom. The monoisotopic (exact) mass is 290 g/mol. The van der Waals surface area contributed by atoms with Crippen molar-refractivity contribution in [3.8, 4) is 0 Å². The zero-order valence-electron chi connectivity index (χ0n) is 12.2. The largest absolute Gasteiger partial charge is 0.376 e. The lowest BCUT2D eigenvalue weighted by molar-refractivity contribution is -0.126. The number of likely N-dealkylation sites (N-methyl/N-ethyl adjacent to an activating group) is 1. The number of nitrogens with zero attached hydrogens (tertiary/aromatic N) is 2. The first kappa shape index (κ1) is 14.4. The van der Waals surface area contributed by atoms with Crippen LogP contribution in [0.3, 0.4) is 0 Å². The molecule has 3 N–H and O–H groups in total. The summed E-state index contributed by atoms with van der Waals surface area (Å²) >= 11 is 0. The smallest absolute Gasteiger partial charge is 0.234 e. The molecule has 1 aromatic heterocycles. The van der Waals surface area contributed by atoms with E-state index in [0.717, 1.165) is 25.1 Å². The van der Waals surface area contributed by atoms with Crippen LogP contribution in [0, 0.1) is 5.92 Å². The van der Waals surface area contributed by atoms with Crippen molar-refractivity contribution in [1.82, 2.24) is 15.2 Å². The van der Waals surface area contributed by atoms with Gasteiger partial charge in [0.25, 0.3) is 0 Å². The number of fused-ring (bicyclic) bond motifs is 1. The summed E-state index contributed by atoms with van der Waals surface area (Å²) in [7, 11) is 1.93. The number of nitrogens with two attached hydrogens (primary N) is 1. The lowest BCUT2D eigenvalue weighted by atomic mass is 9.72. The molecule has 1 saturated carbocycles. The van der Waals surface area contributed by atoms with Crippen molar-refractivity contribution < 1.29 is 9.53 Å². The van der Waals surface area contributed by atoms with E-state index in [1.165, 1.54) is 0 Å². The molecule has 1 saturated heterocycles. The highest BCUT2D eigenvalue weighted by atomic mass is 16.5. The first-order valence-electron chi connectivity index (χ1n) is 7.39. The van der Waals surface area contributed by atoms with Crippen molar-refractivity contribution in [1.29, 1.82) is 0 Å². The summed E-state index contributed by atoms with van der Waals surface area (Å²) in [4.78, 5) is 18.1. The van der Waals surface area contributed by atoms with Crippen LogP contribution in [0.25, 0.3) is 0 Å². The highest BCUT2D eigenvalue weighted by molar-refractivity contribution is 5.78. The van der Waals surface area contributed by atoms with Gasteiger partial charge in [-0.2, -0.15) is 0 Å². The van der Waals surface area contributed by atoms with Gasteiger partial charge in [-0.1, -0.05) is 0 Å². The molecule has 4 atom stereocenters. The fourth-order valence-electron chi connectivity index (χ4n) is 3.26. The molecule has 0 radical (unpaired) electrons. The van der Waals surface area contributed by atoms with Crippen LogP contribution in [0.15, 0.2) is 24.5 Å². The van der Waals surface area contributed by atoms with E-state index in [2.05, 4.69) is 10.3 Å². The van der Waals surface area contributed by atoms with Gasteiger partial charge < -0.3 is 15.8 Å². The standard InChI is InChI=1S/C15H22N4O2/c1-19(8-10-2-5-17-6-3-10)9-12(20)18-14-13(16)11-4-7-21-15(11)14/h2-3,5-6,11,13-15H,4,7-9,16H2,1H3,(H,18,20)/t11-,13+,14-,15-/m1/s1. The number of hydrogen-bond acceptors (Lipinski definition) is 5. The number of carbonyl (C=O) groups is 1. The van der Waals surface area contributed by atoms with Crippen molar-refractivity contribution in [3.05, 3.63) is 30.1 Å². The van der Waals surface area contributed by atoms with E-state index in [0.29, 0.717) is 12.5 Å². The van der Waals surface area contributed by atoms with Gasteiger partial charge in [-0.05, 0) is 31.2 Å². The lowest BCUT2D eigenvalue weighted by Gasteiger charge is -2.45. The summed E-state index contributed by atoms with van der Waals surface area (Å²) in [6, 6.07) is 3.91. The van der Waals surface area contributed by atoms with E-state index in [1.54, 1.807) is 12.4 Å². The first-order valence-corrected chi connectivity index (χ1v) is 7.39. The predicted octanol–water partition coefficient (Wildman–Crippen LogP) is -0.256. The fourth-order valence-corrected chi connectivity index (χ4v) is 3.26. The summed E-state index contributed by atoms with van der Waals surface area (Å²) in [6.45, 7) is 1.83. The zero-order chi connectivity index (χ0) is 14.8. The number of pyridine rings is 1. The Morgan fingerprint density at radius 2 is 2.29 bits per heavy atom. The molecule has 6 nitrogen and oxygen atoms in total. The van der Waals surface area contributed by atoms with E-state index in [-0.39, 0.29) is 24.1 Å². The number of hydrogen-bond donors (Lipinski definition) is 2. The Bertz CT molecular complexity index is 496. The van der Waals surface area contributed by atoms with Crippen molar-refractivity contribution in [3.63, 3.8) is 0 Å². The predicted molar refractivity (Wildman–Crippen MR) is 78.3 cm³/mol. The van der Waals surface area contributed by atoms with Crippen molar-refractivity contribution in [2.45, 2.75) is 31.2 Å². The maximum atomic E-state index is 12.1. The summed E-state index contributed by atoms with van der Waals surface area (Å²) < 4.78 is 5.62. The highest BCUT2D eigenvalue weighted by Crippen LogP contribution is 2.37. The van der Waals surface area contributed by atoms with Gasteiger partial charge in [-0.3, -0.25) is 14.7 Å². The minimum Gasteiger partial charge on any atom is -0.376 e. The van der Waals surface area contributed by atoms with Gasteiger partial charge >= 0.3 is 0 Å². The van der Waals surface area contributed by atoms with Gasteiger partial charge in [0.1, 0.15) is 0 Å². The molecule has 0 aromatic carbocycles. The topological polar surface area (TPSA) is 80.5 Å². The van der Waals surface area contributed by atoms with Gasteiger partial charge in [0.2, 0.25) is 5.91 Å². The Morgan fingerprint density at radius 1 is 1.52 bits per heavy atom. The number of aromatic nitrogens is 1. The van der Waals surface area contributed by atoms with Gasteiger partial charge in [0.15, 0.2) is 0 Å². The number of ether oxygens (including phenoxy) is 1. The van der Waals surface area contributed by atoms with Gasteiger partial charge in [-0.15, -0.1) is 0 Å². The summed E-state index contributed by atoms with van der Waals surface area (Å²) in [5.74, 6) is 0.422. The molecule has 3 rings (SSSR count).